The fourth-order valence-corrected chi connectivity index (χ4v) is 5.68. The summed E-state index contributed by atoms with van der Waals surface area (Å²) in [6.45, 7) is 0.953. The number of aromatic hydroxyl groups is 1. The van der Waals surface area contributed by atoms with Gasteiger partial charge in [-0.15, -0.1) is 0 Å². The first-order valence-electron chi connectivity index (χ1n) is 11.2. The molecule has 3 aliphatic rings. The number of hydrogen-bond donors (Lipinski definition) is 6. The van der Waals surface area contributed by atoms with Gasteiger partial charge >= 0.3 is 0 Å². The number of nitrogens with one attached hydrogen (secondary N) is 1. The minimum atomic E-state index is -2.68. The van der Waals surface area contributed by atoms with E-state index < -0.39 is 70.8 Å². The molecule has 1 saturated carbocycles. The van der Waals surface area contributed by atoms with Gasteiger partial charge in [0.25, 0.3) is 5.91 Å². The summed E-state index contributed by atoms with van der Waals surface area (Å²) in [5.41, 5.74) is 2.40. The van der Waals surface area contributed by atoms with E-state index in [9.17, 15) is 39.2 Å². The number of likely N-dealkylation sites (N-methyl/N-ethyl adjacent to an activating group) is 1. The average Bonchev–Trinajstić information content (AvgIpc) is 2.77. The normalized spacial score (nSPS) is 29.0. The van der Waals surface area contributed by atoms with E-state index in [1.165, 1.54) is 25.1 Å². The van der Waals surface area contributed by atoms with E-state index in [0.29, 0.717) is 11.3 Å². The highest BCUT2D eigenvalue weighted by Crippen LogP contribution is 2.53. The molecule has 4 rings (SSSR count). The second kappa shape index (κ2) is 8.35. The highest BCUT2D eigenvalue weighted by Gasteiger charge is 2.64. The molecule has 7 N–H and O–H groups in total. The molecule has 0 bridgehead atoms. The predicted molar refractivity (Wildman–Crippen MR) is 123 cm³/mol. The number of nitrogens with two attached hydrogens (primary N) is 1. The van der Waals surface area contributed by atoms with Gasteiger partial charge in [0, 0.05) is 17.2 Å². The van der Waals surface area contributed by atoms with Crippen LogP contribution >= 0.6 is 0 Å². The van der Waals surface area contributed by atoms with Crippen LogP contribution in [0.25, 0.3) is 5.76 Å². The molecular formula is C24H28FN3O7. The number of phenolic OH excluding ortho intramolecular Hbond substituents is 1. The van der Waals surface area contributed by atoms with Crippen LogP contribution in [0.4, 0.5) is 10.1 Å². The molecule has 1 fully saturated rings. The summed E-state index contributed by atoms with van der Waals surface area (Å²) < 4.78 is 13.1. The van der Waals surface area contributed by atoms with Gasteiger partial charge in [-0.2, -0.15) is 0 Å². The van der Waals surface area contributed by atoms with Crippen molar-refractivity contribution in [1.82, 2.24) is 4.90 Å². The van der Waals surface area contributed by atoms with E-state index in [4.69, 9.17) is 5.73 Å². The van der Waals surface area contributed by atoms with Gasteiger partial charge in [-0.05, 0) is 57.5 Å². The number of Topliss-reactive ketones (excluding diaryl/α,β-unsaturated/α-hetero) is 2. The zero-order valence-electron chi connectivity index (χ0n) is 19.5. The van der Waals surface area contributed by atoms with Crippen molar-refractivity contribution in [2.45, 2.75) is 37.5 Å². The minimum absolute atomic E-state index is 0.0144. The fourth-order valence-electron chi connectivity index (χ4n) is 5.68. The molecule has 1 aromatic carbocycles. The Balaban J connectivity index is 1.94. The first-order chi connectivity index (χ1) is 16.4. The van der Waals surface area contributed by atoms with Gasteiger partial charge in [0.2, 0.25) is 5.78 Å². The smallest absolute Gasteiger partial charge is 0.255 e. The van der Waals surface area contributed by atoms with E-state index in [1.54, 1.807) is 13.0 Å². The summed E-state index contributed by atoms with van der Waals surface area (Å²) in [6, 6.07) is 1.12. The Morgan fingerprint density at radius 2 is 1.94 bits per heavy atom. The number of carbonyl (C=O) groups is 3. The van der Waals surface area contributed by atoms with E-state index >= 15 is 0 Å². The van der Waals surface area contributed by atoms with Crippen molar-refractivity contribution in [3.05, 3.63) is 40.2 Å². The fraction of sp³-hybridized carbons (Fsp3) is 0.458. The van der Waals surface area contributed by atoms with Crippen LogP contribution in [0.1, 0.15) is 24.5 Å². The Hall–Kier alpha value is -3.44. The van der Waals surface area contributed by atoms with Crippen LogP contribution in [-0.2, 0) is 20.8 Å². The SMILES string of the molecule is CC(CF)Nc1ccc(O)c2c1C[C@@H]1C[C@@H]3C(N(C)C)C(=O)C(C(N)=O)=C(O)[C@]3(O)C(=O)C1=C2O. The highest BCUT2D eigenvalue weighted by molar-refractivity contribution is 6.24. The van der Waals surface area contributed by atoms with Crippen molar-refractivity contribution >= 4 is 28.9 Å². The van der Waals surface area contributed by atoms with Crippen LogP contribution in [0, 0.1) is 11.8 Å². The number of aliphatic hydroxyl groups is 3. The van der Waals surface area contributed by atoms with Crippen LogP contribution in [0.15, 0.2) is 29.0 Å². The number of rotatable bonds is 5. The number of fused-ring (bicyclic) bond motifs is 3. The molecule has 10 nitrogen and oxygen atoms in total. The molecule has 0 aliphatic heterocycles. The summed E-state index contributed by atoms with van der Waals surface area (Å²) in [4.78, 5) is 40.2. The number of alkyl halides is 1. The summed E-state index contributed by atoms with van der Waals surface area (Å²) >= 11 is 0. The highest BCUT2D eigenvalue weighted by atomic mass is 19.1. The summed E-state index contributed by atoms with van der Waals surface area (Å²) in [5.74, 6) is -7.07. The third-order valence-corrected chi connectivity index (χ3v) is 7.24. The van der Waals surface area contributed by atoms with E-state index in [0.717, 1.165) is 0 Å². The van der Waals surface area contributed by atoms with Crippen LogP contribution in [-0.4, -0.2) is 81.3 Å². The van der Waals surface area contributed by atoms with Crippen LogP contribution in [0.5, 0.6) is 5.75 Å². The van der Waals surface area contributed by atoms with Gasteiger partial charge in [-0.1, -0.05) is 0 Å². The number of nitrogens with zero attached hydrogens (tertiary/aromatic N) is 1. The monoisotopic (exact) mass is 489 g/mol. The predicted octanol–water partition coefficient (Wildman–Crippen LogP) is 0.734. The number of carbonyl (C=O) groups excluding carboxylic acids is 3. The van der Waals surface area contributed by atoms with Gasteiger partial charge in [0.1, 0.15) is 29.5 Å². The van der Waals surface area contributed by atoms with Crippen LogP contribution in [0.2, 0.25) is 0 Å². The molecule has 1 amide bonds. The standard InChI is InChI=1S/C24H28FN3O7/c1-9(8-25)27-13-4-5-14(29)16-11(13)6-10-7-12-18(28(2)3)20(31)17(23(26)34)22(33)24(12,35)21(32)15(10)19(16)30/h4-5,9-10,12,18,27,29-30,33,35H,6-8H2,1-3H3,(H2,26,34)/t9?,10-,12-,18?,24-/m1/s1. The average molecular weight is 490 g/mol. The Bertz CT molecular complexity index is 1210. The first kappa shape index (κ1) is 24.7. The summed E-state index contributed by atoms with van der Waals surface area (Å²) in [5, 5.41) is 47.0. The van der Waals surface area contributed by atoms with Crippen molar-refractivity contribution < 1.29 is 39.2 Å². The van der Waals surface area contributed by atoms with Gasteiger partial charge in [-0.3, -0.25) is 19.3 Å². The Labute approximate surface area is 200 Å². The molecule has 2 unspecified atom stereocenters. The lowest BCUT2D eigenvalue weighted by atomic mass is 9.57. The first-order valence-corrected chi connectivity index (χ1v) is 11.2. The number of anilines is 1. The zero-order chi connectivity index (χ0) is 26.0. The molecular weight excluding hydrogens is 461 g/mol. The van der Waals surface area contributed by atoms with Crippen molar-refractivity contribution in [3.8, 4) is 5.75 Å². The number of benzene rings is 1. The maximum Gasteiger partial charge on any atom is 0.255 e. The van der Waals surface area contributed by atoms with Gasteiger partial charge in [0.05, 0.1) is 17.6 Å². The largest absolute Gasteiger partial charge is 0.508 e. The topological polar surface area (TPSA) is 173 Å². The number of phenols is 1. The van der Waals surface area contributed by atoms with Crippen LogP contribution < -0.4 is 11.1 Å². The van der Waals surface area contributed by atoms with Gasteiger partial charge in [0.15, 0.2) is 11.4 Å². The van der Waals surface area contributed by atoms with Gasteiger partial charge < -0.3 is 31.5 Å². The molecule has 0 aromatic heterocycles. The number of amides is 1. The molecule has 0 spiro atoms. The Morgan fingerprint density at radius 3 is 2.51 bits per heavy atom. The molecule has 0 radical (unpaired) electrons. The number of primary amides is 1. The quantitative estimate of drug-likeness (QED) is 0.257. The molecule has 5 atom stereocenters. The minimum Gasteiger partial charge on any atom is -0.508 e. The van der Waals surface area contributed by atoms with Crippen molar-refractivity contribution in [2.24, 2.45) is 17.6 Å². The maximum absolute atomic E-state index is 13.7. The second-order valence-electron chi connectivity index (χ2n) is 9.65. The number of halogens is 1. The lowest BCUT2D eigenvalue weighted by molar-refractivity contribution is -0.153. The zero-order valence-corrected chi connectivity index (χ0v) is 19.5. The van der Waals surface area contributed by atoms with E-state index in [-0.39, 0.29) is 29.7 Å². The second-order valence-corrected chi connectivity index (χ2v) is 9.65. The molecule has 0 heterocycles. The molecule has 11 heteroatoms. The molecule has 3 aliphatic carbocycles. The number of hydrogen-bond acceptors (Lipinski definition) is 9. The molecule has 35 heavy (non-hydrogen) atoms. The van der Waals surface area contributed by atoms with Gasteiger partial charge in [-0.25, -0.2) is 4.39 Å². The molecule has 1 aromatic rings. The summed E-state index contributed by atoms with van der Waals surface area (Å²) in [6.07, 6.45) is 0.115. The maximum atomic E-state index is 13.7. The Kier molecular flexibility index (Phi) is 5.89. The number of ketones is 2. The third kappa shape index (κ3) is 3.41. The van der Waals surface area contributed by atoms with Crippen molar-refractivity contribution in [2.75, 3.05) is 26.1 Å². The van der Waals surface area contributed by atoms with E-state index in [2.05, 4.69) is 5.32 Å². The Morgan fingerprint density at radius 1 is 1.29 bits per heavy atom. The van der Waals surface area contributed by atoms with Crippen molar-refractivity contribution in [1.29, 1.82) is 0 Å². The van der Waals surface area contributed by atoms with Crippen molar-refractivity contribution in [3.63, 3.8) is 0 Å². The molecule has 188 valence electrons. The molecule has 0 saturated heterocycles. The lowest BCUT2D eigenvalue weighted by Crippen LogP contribution is -2.65. The van der Waals surface area contributed by atoms with Crippen LogP contribution in [0.3, 0.4) is 0 Å². The lowest BCUT2D eigenvalue weighted by Gasteiger charge is -2.50. The summed E-state index contributed by atoms with van der Waals surface area (Å²) in [7, 11) is 3.07. The third-order valence-electron chi connectivity index (χ3n) is 7.24. The van der Waals surface area contributed by atoms with E-state index in [1.807, 2.05) is 0 Å². The number of aliphatic hydroxyl groups excluding tert-OH is 2.